The molecular weight excluding hydrogens is 192 g/mol. The van der Waals surface area contributed by atoms with Gasteiger partial charge in [0.15, 0.2) is 6.29 Å². The van der Waals surface area contributed by atoms with Crippen LogP contribution in [0.4, 0.5) is 0 Å². The van der Waals surface area contributed by atoms with Crippen molar-refractivity contribution in [2.45, 2.75) is 57.3 Å². The molecule has 88 valence electrons. The molecule has 2 fully saturated rings. The van der Waals surface area contributed by atoms with Crippen LogP contribution in [0, 0.1) is 0 Å². The van der Waals surface area contributed by atoms with Crippen LogP contribution < -0.4 is 0 Å². The zero-order valence-electron chi connectivity index (χ0n) is 9.45. The number of hydrogen-bond donors (Lipinski definition) is 0. The van der Waals surface area contributed by atoms with E-state index in [1.54, 1.807) is 0 Å². The van der Waals surface area contributed by atoms with E-state index in [1.807, 2.05) is 0 Å². The van der Waals surface area contributed by atoms with Crippen molar-refractivity contribution in [2.24, 2.45) is 0 Å². The Balaban J connectivity index is 1.47. The normalized spacial score (nSPS) is 28.4. The molecular formula is C12H22O3. The van der Waals surface area contributed by atoms with Gasteiger partial charge in [-0.2, -0.15) is 0 Å². The van der Waals surface area contributed by atoms with Gasteiger partial charge < -0.3 is 14.2 Å². The van der Waals surface area contributed by atoms with Crippen LogP contribution in [-0.2, 0) is 14.2 Å². The molecule has 1 atom stereocenters. The SMILES string of the molecule is C1CCC(OCCOC2CCCC2)OC1. The van der Waals surface area contributed by atoms with E-state index < -0.39 is 0 Å². The number of hydrogen-bond acceptors (Lipinski definition) is 3. The second-order valence-corrected chi connectivity index (χ2v) is 4.44. The first kappa shape index (κ1) is 11.4. The second kappa shape index (κ2) is 6.46. The van der Waals surface area contributed by atoms with Crippen LogP contribution in [-0.4, -0.2) is 32.2 Å². The minimum atomic E-state index is 0.0333. The lowest BCUT2D eigenvalue weighted by molar-refractivity contribution is -0.171. The standard InChI is InChI=1S/C12H22O3/c1-2-6-11(5-1)13-9-10-15-12-7-3-4-8-14-12/h11-12H,1-10H2. The van der Waals surface area contributed by atoms with Gasteiger partial charge in [0.05, 0.1) is 19.3 Å². The molecule has 1 aliphatic heterocycles. The van der Waals surface area contributed by atoms with Gasteiger partial charge in [-0.3, -0.25) is 0 Å². The van der Waals surface area contributed by atoms with Crippen molar-refractivity contribution in [3.05, 3.63) is 0 Å². The first-order chi connectivity index (χ1) is 7.45. The van der Waals surface area contributed by atoms with Crippen molar-refractivity contribution in [1.82, 2.24) is 0 Å². The van der Waals surface area contributed by atoms with Crippen LogP contribution in [0.2, 0.25) is 0 Å². The summed E-state index contributed by atoms with van der Waals surface area (Å²) in [5.41, 5.74) is 0. The number of ether oxygens (including phenoxy) is 3. The van der Waals surface area contributed by atoms with E-state index in [4.69, 9.17) is 14.2 Å². The fourth-order valence-electron chi connectivity index (χ4n) is 2.29. The maximum atomic E-state index is 5.71. The van der Waals surface area contributed by atoms with Gasteiger partial charge in [-0.1, -0.05) is 12.8 Å². The summed E-state index contributed by atoms with van der Waals surface area (Å²) in [5, 5.41) is 0. The zero-order valence-corrected chi connectivity index (χ0v) is 9.45. The van der Waals surface area contributed by atoms with E-state index in [-0.39, 0.29) is 6.29 Å². The highest BCUT2D eigenvalue weighted by molar-refractivity contribution is 4.66. The predicted octanol–water partition coefficient (Wildman–Crippen LogP) is 2.49. The third-order valence-electron chi connectivity index (χ3n) is 3.18. The van der Waals surface area contributed by atoms with Crippen LogP contribution in [0.5, 0.6) is 0 Å². The third-order valence-corrected chi connectivity index (χ3v) is 3.18. The second-order valence-electron chi connectivity index (χ2n) is 4.44. The molecule has 0 radical (unpaired) electrons. The molecule has 3 heteroatoms. The molecule has 3 nitrogen and oxygen atoms in total. The van der Waals surface area contributed by atoms with E-state index in [0.717, 1.165) is 19.6 Å². The van der Waals surface area contributed by atoms with Crippen LogP contribution in [0.15, 0.2) is 0 Å². The molecule has 1 saturated carbocycles. The van der Waals surface area contributed by atoms with E-state index in [2.05, 4.69) is 0 Å². The Morgan fingerprint density at radius 3 is 2.33 bits per heavy atom. The molecule has 1 saturated heterocycles. The highest BCUT2D eigenvalue weighted by Gasteiger charge is 2.16. The lowest BCUT2D eigenvalue weighted by Crippen LogP contribution is -2.24. The summed E-state index contributed by atoms with van der Waals surface area (Å²) in [6, 6.07) is 0. The molecule has 2 aliphatic rings. The van der Waals surface area contributed by atoms with Gasteiger partial charge in [-0.15, -0.1) is 0 Å². The fourth-order valence-corrected chi connectivity index (χ4v) is 2.29. The van der Waals surface area contributed by atoms with Crippen LogP contribution in [0.25, 0.3) is 0 Å². The summed E-state index contributed by atoms with van der Waals surface area (Å²) in [6.45, 7) is 2.26. The topological polar surface area (TPSA) is 27.7 Å². The summed E-state index contributed by atoms with van der Waals surface area (Å²) in [6.07, 6.45) is 9.12. The molecule has 0 bridgehead atoms. The predicted molar refractivity (Wildman–Crippen MR) is 57.8 cm³/mol. The van der Waals surface area contributed by atoms with Crippen molar-refractivity contribution in [1.29, 1.82) is 0 Å². The average Bonchev–Trinajstić information content (AvgIpc) is 2.79. The van der Waals surface area contributed by atoms with Crippen molar-refractivity contribution in [3.8, 4) is 0 Å². The largest absolute Gasteiger partial charge is 0.376 e. The van der Waals surface area contributed by atoms with Gasteiger partial charge in [-0.25, -0.2) is 0 Å². The van der Waals surface area contributed by atoms with E-state index >= 15 is 0 Å². The van der Waals surface area contributed by atoms with Crippen molar-refractivity contribution >= 4 is 0 Å². The first-order valence-electron chi connectivity index (χ1n) is 6.30. The maximum Gasteiger partial charge on any atom is 0.157 e. The Morgan fingerprint density at radius 1 is 0.867 bits per heavy atom. The average molecular weight is 214 g/mol. The van der Waals surface area contributed by atoms with E-state index in [1.165, 1.54) is 38.5 Å². The third kappa shape index (κ3) is 4.09. The molecule has 1 aliphatic carbocycles. The molecule has 0 aromatic carbocycles. The lowest BCUT2D eigenvalue weighted by Gasteiger charge is -2.23. The Bertz CT molecular complexity index is 160. The van der Waals surface area contributed by atoms with Crippen LogP contribution in [0.1, 0.15) is 44.9 Å². The zero-order chi connectivity index (χ0) is 10.3. The minimum absolute atomic E-state index is 0.0333. The quantitative estimate of drug-likeness (QED) is 0.658. The smallest absolute Gasteiger partial charge is 0.157 e. The molecule has 0 amide bonds. The summed E-state index contributed by atoms with van der Waals surface area (Å²) in [5.74, 6) is 0. The molecule has 0 spiro atoms. The van der Waals surface area contributed by atoms with Gasteiger partial charge in [0.2, 0.25) is 0 Å². The first-order valence-corrected chi connectivity index (χ1v) is 6.30. The Hall–Kier alpha value is -0.120. The van der Waals surface area contributed by atoms with E-state index in [0.29, 0.717) is 12.7 Å². The number of rotatable bonds is 5. The van der Waals surface area contributed by atoms with Crippen molar-refractivity contribution < 1.29 is 14.2 Å². The Kier molecular flexibility index (Phi) is 4.90. The maximum absolute atomic E-state index is 5.71. The van der Waals surface area contributed by atoms with Gasteiger partial charge in [-0.05, 0) is 32.1 Å². The monoisotopic (exact) mass is 214 g/mol. The van der Waals surface area contributed by atoms with Gasteiger partial charge in [0.1, 0.15) is 0 Å². The van der Waals surface area contributed by atoms with Crippen LogP contribution in [0.3, 0.4) is 0 Å². The minimum Gasteiger partial charge on any atom is -0.376 e. The summed E-state index contributed by atoms with van der Waals surface area (Å²) < 4.78 is 16.8. The highest BCUT2D eigenvalue weighted by Crippen LogP contribution is 2.20. The van der Waals surface area contributed by atoms with Gasteiger partial charge in [0, 0.05) is 6.61 Å². The molecule has 0 N–H and O–H groups in total. The molecule has 15 heavy (non-hydrogen) atoms. The molecule has 0 aromatic rings. The molecule has 0 aromatic heterocycles. The van der Waals surface area contributed by atoms with Gasteiger partial charge >= 0.3 is 0 Å². The molecule has 2 rings (SSSR count). The fraction of sp³-hybridized carbons (Fsp3) is 1.00. The summed E-state index contributed by atoms with van der Waals surface area (Å²) in [7, 11) is 0. The summed E-state index contributed by atoms with van der Waals surface area (Å²) in [4.78, 5) is 0. The molecule has 1 unspecified atom stereocenters. The van der Waals surface area contributed by atoms with Crippen molar-refractivity contribution in [2.75, 3.05) is 19.8 Å². The van der Waals surface area contributed by atoms with E-state index in [9.17, 15) is 0 Å². The Labute approximate surface area is 92.1 Å². The van der Waals surface area contributed by atoms with Crippen molar-refractivity contribution in [3.63, 3.8) is 0 Å². The van der Waals surface area contributed by atoms with Crippen LogP contribution >= 0.6 is 0 Å². The highest BCUT2D eigenvalue weighted by atomic mass is 16.7. The molecule has 1 heterocycles. The Morgan fingerprint density at radius 2 is 1.60 bits per heavy atom. The summed E-state index contributed by atoms with van der Waals surface area (Å²) >= 11 is 0. The lowest BCUT2D eigenvalue weighted by atomic mass is 10.2. The van der Waals surface area contributed by atoms with Gasteiger partial charge in [0.25, 0.3) is 0 Å².